The Bertz CT molecular complexity index is 697. The molecule has 2 heterocycles. The number of benzene rings is 1. The Morgan fingerprint density at radius 3 is 2.48 bits per heavy atom. The summed E-state index contributed by atoms with van der Waals surface area (Å²) in [5, 5.41) is 11.4. The molecule has 5 nitrogen and oxygen atoms in total. The maximum atomic E-state index is 5.64. The normalized spacial score (nSPS) is 10.7. The number of hydrogen-bond donors (Lipinski definition) is 1. The number of hydrogen-bond acceptors (Lipinski definition) is 5. The Kier molecular flexibility index (Phi) is 4.37. The minimum Gasteiger partial charge on any atom is -0.419 e. The molecule has 0 aliphatic rings. The van der Waals surface area contributed by atoms with Crippen LogP contribution in [0.5, 0.6) is 0 Å². The molecule has 0 saturated heterocycles. The highest BCUT2D eigenvalue weighted by atomic mass is 79.9. The van der Waals surface area contributed by atoms with Gasteiger partial charge in [-0.1, -0.05) is 15.9 Å². The van der Waals surface area contributed by atoms with Gasteiger partial charge < -0.3 is 9.73 Å². The highest BCUT2D eigenvalue weighted by molar-refractivity contribution is 9.10. The van der Waals surface area contributed by atoms with Crippen molar-refractivity contribution >= 4 is 15.9 Å². The molecule has 1 N–H and O–H groups in total. The second kappa shape index (κ2) is 6.60. The van der Waals surface area contributed by atoms with Gasteiger partial charge in [-0.05, 0) is 42.0 Å². The summed E-state index contributed by atoms with van der Waals surface area (Å²) >= 11 is 3.40. The van der Waals surface area contributed by atoms with Crippen LogP contribution in [0.4, 0.5) is 0 Å². The van der Waals surface area contributed by atoms with Crippen molar-refractivity contribution in [3.63, 3.8) is 0 Å². The van der Waals surface area contributed by atoms with Gasteiger partial charge >= 0.3 is 0 Å². The number of pyridine rings is 1. The maximum Gasteiger partial charge on any atom is 0.247 e. The molecule has 3 rings (SSSR count). The van der Waals surface area contributed by atoms with Crippen LogP contribution >= 0.6 is 15.9 Å². The summed E-state index contributed by atoms with van der Waals surface area (Å²) in [5.74, 6) is 1.10. The van der Waals surface area contributed by atoms with Gasteiger partial charge in [-0.3, -0.25) is 4.98 Å². The molecule has 0 unspecified atom stereocenters. The lowest BCUT2D eigenvalue weighted by Crippen LogP contribution is -2.12. The summed E-state index contributed by atoms with van der Waals surface area (Å²) in [5.41, 5.74) is 2.07. The first-order valence-electron chi connectivity index (χ1n) is 6.49. The van der Waals surface area contributed by atoms with Crippen LogP contribution in [0.25, 0.3) is 11.5 Å². The number of halogens is 1. The minimum atomic E-state index is 0.531. The van der Waals surface area contributed by atoms with Crippen molar-refractivity contribution in [1.29, 1.82) is 0 Å². The molecule has 1 aromatic carbocycles. The molecule has 21 heavy (non-hydrogen) atoms. The zero-order chi connectivity index (χ0) is 14.5. The molecule has 0 aliphatic carbocycles. The molecular weight excluding hydrogens is 332 g/mol. The topological polar surface area (TPSA) is 63.8 Å². The van der Waals surface area contributed by atoms with Gasteiger partial charge in [-0.15, -0.1) is 10.2 Å². The predicted octanol–water partition coefficient (Wildman–Crippen LogP) is 3.18. The molecule has 0 amide bonds. The monoisotopic (exact) mass is 344 g/mol. The number of rotatable bonds is 5. The van der Waals surface area contributed by atoms with Crippen LogP contribution < -0.4 is 5.32 Å². The van der Waals surface area contributed by atoms with Crippen molar-refractivity contribution in [3.8, 4) is 11.5 Å². The Morgan fingerprint density at radius 1 is 0.952 bits per heavy atom. The molecule has 0 radical (unpaired) electrons. The molecule has 6 heteroatoms. The van der Waals surface area contributed by atoms with Crippen molar-refractivity contribution < 1.29 is 4.42 Å². The van der Waals surface area contributed by atoms with Crippen LogP contribution in [-0.2, 0) is 13.1 Å². The first-order chi connectivity index (χ1) is 10.3. The van der Waals surface area contributed by atoms with Gasteiger partial charge in [-0.25, -0.2) is 0 Å². The molecular formula is C15H13BrN4O. The molecule has 3 aromatic rings. The molecule has 0 fully saturated rings. The fourth-order valence-corrected chi connectivity index (χ4v) is 2.11. The summed E-state index contributed by atoms with van der Waals surface area (Å²) in [4.78, 5) is 3.98. The summed E-state index contributed by atoms with van der Waals surface area (Å²) in [6.45, 7) is 1.27. The molecule has 0 atom stereocenters. The molecule has 2 aromatic heterocycles. The summed E-state index contributed by atoms with van der Waals surface area (Å²) < 4.78 is 6.65. The third-order valence-electron chi connectivity index (χ3n) is 2.91. The summed E-state index contributed by atoms with van der Waals surface area (Å²) in [6, 6.07) is 11.7. The predicted molar refractivity (Wildman–Crippen MR) is 82.2 cm³/mol. The standard InChI is InChI=1S/C15H13BrN4O/c16-13-3-1-12(2-4-13)15-20-19-14(21-15)10-18-9-11-5-7-17-8-6-11/h1-8,18H,9-10H2. The van der Waals surface area contributed by atoms with E-state index < -0.39 is 0 Å². The third-order valence-corrected chi connectivity index (χ3v) is 3.44. The number of aromatic nitrogens is 3. The van der Waals surface area contributed by atoms with E-state index in [9.17, 15) is 0 Å². The van der Waals surface area contributed by atoms with Crippen LogP contribution in [0.3, 0.4) is 0 Å². The zero-order valence-corrected chi connectivity index (χ0v) is 12.7. The highest BCUT2D eigenvalue weighted by Gasteiger charge is 2.07. The zero-order valence-electron chi connectivity index (χ0n) is 11.2. The van der Waals surface area contributed by atoms with E-state index in [2.05, 4.69) is 36.4 Å². The van der Waals surface area contributed by atoms with Gasteiger partial charge in [0.15, 0.2) is 0 Å². The lowest BCUT2D eigenvalue weighted by molar-refractivity contribution is 0.477. The number of nitrogens with zero attached hydrogens (tertiary/aromatic N) is 3. The van der Waals surface area contributed by atoms with E-state index in [0.717, 1.165) is 22.1 Å². The second-order valence-electron chi connectivity index (χ2n) is 4.47. The van der Waals surface area contributed by atoms with E-state index in [1.54, 1.807) is 12.4 Å². The first-order valence-corrected chi connectivity index (χ1v) is 7.28. The maximum absolute atomic E-state index is 5.64. The summed E-state index contributed by atoms with van der Waals surface area (Å²) in [7, 11) is 0. The average Bonchev–Trinajstić information content (AvgIpc) is 2.98. The van der Waals surface area contributed by atoms with Crippen LogP contribution in [0.1, 0.15) is 11.5 Å². The molecule has 106 valence electrons. The van der Waals surface area contributed by atoms with Crippen molar-refractivity contribution in [3.05, 3.63) is 64.7 Å². The van der Waals surface area contributed by atoms with Gasteiger partial charge in [0.25, 0.3) is 0 Å². The van der Waals surface area contributed by atoms with Gasteiger partial charge in [0, 0.05) is 29.0 Å². The molecule has 0 bridgehead atoms. The Balaban J connectivity index is 1.59. The van der Waals surface area contributed by atoms with Crippen molar-refractivity contribution in [1.82, 2.24) is 20.5 Å². The van der Waals surface area contributed by atoms with Gasteiger partial charge in [0.05, 0.1) is 6.54 Å². The molecule has 0 spiro atoms. The Hall–Kier alpha value is -2.05. The first kappa shape index (κ1) is 13.9. The van der Waals surface area contributed by atoms with Crippen LogP contribution in [0, 0.1) is 0 Å². The summed E-state index contributed by atoms with van der Waals surface area (Å²) in [6.07, 6.45) is 3.55. The lowest BCUT2D eigenvalue weighted by Gasteiger charge is -2.01. The molecule has 0 aliphatic heterocycles. The third kappa shape index (κ3) is 3.74. The fraction of sp³-hybridized carbons (Fsp3) is 0.133. The second-order valence-corrected chi connectivity index (χ2v) is 5.38. The van der Waals surface area contributed by atoms with E-state index in [-0.39, 0.29) is 0 Å². The molecule has 0 saturated carbocycles. The SMILES string of the molecule is Brc1ccc(-c2nnc(CNCc3ccncc3)o2)cc1. The van der Waals surface area contributed by atoms with Crippen molar-refractivity contribution in [2.45, 2.75) is 13.1 Å². The van der Waals surface area contributed by atoms with Gasteiger partial charge in [0.2, 0.25) is 11.8 Å². The van der Waals surface area contributed by atoms with Crippen LogP contribution in [-0.4, -0.2) is 15.2 Å². The smallest absolute Gasteiger partial charge is 0.247 e. The van der Waals surface area contributed by atoms with E-state index in [1.165, 1.54) is 0 Å². The lowest BCUT2D eigenvalue weighted by atomic mass is 10.2. The van der Waals surface area contributed by atoms with E-state index in [1.807, 2.05) is 36.4 Å². The van der Waals surface area contributed by atoms with E-state index in [4.69, 9.17) is 4.42 Å². The van der Waals surface area contributed by atoms with Crippen LogP contribution in [0.2, 0.25) is 0 Å². The van der Waals surface area contributed by atoms with Gasteiger partial charge in [0.1, 0.15) is 0 Å². The fourth-order valence-electron chi connectivity index (χ4n) is 1.85. The minimum absolute atomic E-state index is 0.531. The van der Waals surface area contributed by atoms with Crippen molar-refractivity contribution in [2.75, 3.05) is 0 Å². The van der Waals surface area contributed by atoms with Crippen molar-refractivity contribution in [2.24, 2.45) is 0 Å². The Labute approximate surface area is 130 Å². The quantitative estimate of drug-likeness (QED) is 0.769. The Morgan fingerprint density at radius 2 is 1.71 bits per heavy atom. The largest absolute Gasteiger partial charge is 0.419 e. The van der Waals surface area contributed by atoms with Gasteiger partial charge in [-0.2, -0.15) is 0 Å². The average molecular weight is 345 g/mol. The number of nitrogens with one attached hydrogen (secondary N) is 1. The van der Waals surface area contributed by atoms with E-state index in [0.29, 0.717) is 18.3 Å². The van der Waals surface area contributed by atoms with Crippen LogP contribution in [0.15, 0.2) is 57.7 Å². The highest BCUT2D eigenvalue weighted by Crippen LogP contribution is 2.20. The van der Waals surface area contributed by atoms with E-state index >= 15 is 0 Å².